The third-order valence-corrected chi connectivity index (χ3v) is 3.87. The second-order valence-corrected chi connectivity index (χ2v) is 5.35. The predicted octanol–water partition coefficient (Wildman–Crippen LogP) is 4.57. The largest absolute Gasteiger partial charge is 0.263 e. The van der Waals surface area contributed by atoms with Crippen molar-refractivity contribution < 1.29 is 8.60 Å². The van der Waals surface area contributed by atoms with Crippen LogP contribution in [-0.4, -0.2) is 8.18 Å². The number of benzene rings is 1. The van der Waals surface area contributed by atoms with Crippen LogP contribution in [0.3, 0.4) is 0 Å². The lowest BCUT2D eigenvalue weighted by atomic mass is 10.2. The van der Waals surface area contributed by atoms with Crippen molar-refractivity contribution in [3.63, 3.8) is 0 Å². The van der Waals surface area contributed by atoms with Crippen LogP contribution in [0.4, 0.5) is 4.39 Å². The minimum atomic E-state index is -1.40. The fourth-order valence-electron chi connectivity index (χ4n) is 1.43. The summed E-state index contributed by atoms with van der Waals surface area (Å²) in [5, 5.41) is 0.713. The van der Waals surface area contributed by atoms with Gasteiger partial charge in [-0.1, -0.05) is 31.4 Å². The topological polar surface area (TPSA) is 22.0 Å². The van der Waals surface area contributed by atoms with Crippen LogP contribution in [0.2, 0.25) is 0 Å². The first-order valence-electron chi connectivity index (χ1n) is 6.12. The van der Waals surface area contributed by atoms with Gasteiger partial charge in [0, 0.05) is 11.6 Å². The van der Waals surface area contributed by atoms with Gasteiger partial charge >= 0.3 is 0 Å². The molecule has 20 heavy (non-hydrogen) atoms. The quantitative estimate of drug-likeness (QED) is 0.599. The number of aromatic nitrogens is 1. The average molecular weight is 291 g/mol. The van der Waals surface area contributed by atoms with Crippen molar-refractivity contribution in [3.05, 3.63) is 72.6 Å². The minimum absolute atomic E-state index is 0.307. The third-order valence-electron chi connectivity index (χ3n) is 2.58. The highest BCUT2D eigenvalue weighted by Gasteiger charge is 2.08. The van der Waals surface area contributed by atoms with Crippen LogP contribution in [0.1, 0.15) is 13.8 Å². The molecule has 1 atom stereocenters. The molecule has 0 N–H and O–H groups in total. The predicted molar refractivity (Wildman–Crippen MR) is 85.3 cm³/mol. The van der Waals surface area contributed by atoms with Crippen LogP contribution in [0.15, 0.2) is 66.8 Å². The molecule has 1 unspecified atom stereocenters. The Morgan fingerprint density at radius 3 is 2.50 bits per heavy atom. The summed E-state index contributed by atoms with van der Waals surface area (Å²) in [5.74, 6) is -0.307. The van der Waals surface area contributed by atoms with Crippen molar-refractivity contribution in [2.24, 2.45) is 0 Å². The number of hydrogen-bond acceptors (Lipinski definition) is 1. The molecule has 1 aromatic heterocycles. The first kappa shape index (κ1) is 16.1. The molecule has 0 aliphatic carbocycles. The molecule has 1 heterocycles. The van der Waals surface area contributed by atoms with Crippen LogP contribution in [0, 0.1) is 5.82 Å². The maximum atomic E-state index is 13.0. The van der Waals surface area contributed by atoms with E-state index in [1.54, 1.807) is 22.3 Å². The van der Waals surface area contributed by atoms with Gasteiger partial charge in [0.1, 0.15) is 5.82 Å². The Bertz CT molecular complexity index is 666. The molecule has 0 saturated carbocycles. The molecule has 0 saturated heterocycles. The van der Waals surface area contributed by atoms with Gasteiger partial charge < -0.3 is 0 Å². The van der Waals surface area contributed by atoms with Gasteiger partial charge in [-0.15, -0.1) is 0 Å². The molecule has 2 aromatic rings. The lowest BCUT2D eigenvalue weighted by molar-refractivity contribution is 0.629. The molecule has 0 radical (unpaired) electrons. The van der Waals surface area contributed by atoms with Crippen LogP contribution >= 0.6 is 0 Å². The Hall–Kier alpha value is -1.94. The van der Waals surface area contributed by atoms with Crippen molar-refractivity contribution in [1.29, 1.82) is 0 Å². The summed E-state index contributed by atoms with van der Waals surface area (Å²) in [5.41, 5.74) is 0.711. The number of allylic oxidation sites excluding steroid dienone is 3. The zero-order valence-corrected chi connectivity index (χ0v) is 12.5. The summed E-state index contributed by atoms with van der Waals surface area (Å²) in [7, 11) is -1.40. The lowest BCUT2D eigenvalue weighted by Crippen LogP contribution is -2.03. The average Bonchev–Trinajstić information content (AvgIpc) is 2.88. The fourth-order valence-corrected chi connectivity index (χ4v) is 2.34. The van der Waals surface area contributed by atoms with E-state index in [2.05, 4.69) is 13.2 Å². The van der Waals surface area contributed by atoms with Gasteiger partial charge in [0.15, 0.2) is 11.0 Å². The Morgan fingerprint density at radius 2 is 1.95 bits per heavy atom. The van der Waals surface area contributed by atoms with E-state index < -0.39 is 11.0 Å². The maximum Gasteiger partial charge on any atom is 0.156 e. The summed E-state index contributed by atoms with van der Waals surface area (Å²) in [6.45, 7) is 11.2. The molecule has 0 bridgehead atoms. The van der Waals surface area contributed by atoms with E-state index in [4.69, 9.17) is 0 Å². The zero-order valence-electron chi connectivity index (χ0n) is 11.7. The van der Waals surface area contributed by atoms with Crippen molar-refractivity contribution in [2.45, 2.75) is 13.8 Å². The number of rotatable bonds is 3. The molecule has 0 fully saturated rings. The van der Waals surface area contributed by atoms with Crippen LogP contribution in [0.25, 0.3) is 10.9 Å². The van der Waals surface area contributed by atoms with Crippen LogP contribution in [-0.2, 0) is 11.0 Å². The molecule has 1 aromatic carbocycles. The molecule has 0 amide bonds. The van der Waals surface area contributed by atoms with Gasteiger partial charge in [-0.3, -0.25) is 3.97 Å². The molecule has 0 spiro atoms. The van der Waals surface area contributed by atoms with Crippen molar-refractivity contribution in [3.8, 4) is 0 Å². The van der Waals surface area contributed by atoms with Gasteiger partial charge in [0.25, 0.3) is 0 Å². The second kappa shape index (κ2) is 7.60. The smallest absolute Gasteiger partial charge is 0.156 e. The first-order chi connectivity index (χ1) is 9.54. The van der Waals surface area contributed by atoms with E-state index in [-0.39, 0.29) is 5.82 Å². The second-order valence-electron chi connectivity index (χ2n) is 3.93. The van der Waals surface area contributed by atoms with Crippen molar-refractivity contribution in [2.75, 3.05) is 0 Å². The summed E-state index contributed by atoms with van der Waals surface area (Å²) in [6, 6.07) is 6.05. The summed E-state index contributed by atoms with van der Waals surface area (Å²) in [4.78, 5) is 0.418. The Labute approximate surface area is 121 Å². The van der Waals surface area contributed by atoms with E-state index in [9.17, 15) is 8.60 Å². The molecule has 2 rings (SSSR count). The third kappa shape index (κ3) is 3.78. The van der Waals surface area contributed by atoms with Gasteiger partial charge in [0.05, 0.1) is 10.4 Å². The number of fused-ring (bicyclic) bond motifs is 1. The first-order valence-corrected chi connectivity index (χ1v) is 7.23. The zero-order chi connectivity index (χ0) is 15.1. The van der Waals surface area contributed by atoms with Crippen molar-refractivity contribution in [1.82, 2.24) is 3.97 Å². The Kier molecular flexibility index (Phi) is 6.12. The van der Waals surface area contributed by atoms with Crippen LogP contribution < -0.4 is 0 Å². The highest BCUT2D eigenvalue weighted by Crippen LogP contribution is 2.19. The summed E-state index contributed by atoms with van der Waals surface area (Å²) in [6.07, 6.45) is 7.10. The van der Waals surface area contributed by atoms with E-state index in [1.165, 1.54) is 18.2 Å². The molecule has 4 heteroatoms. The number of halogens is 1. The van der Waals surface area contributed by atoms with Gasteiger partial charge in [-0.2, -0.15) is 0 Å². The highest BCUT2D eigenvalue weighted by atomic mass is 32.2. The Morgan fingerprint density at radius 1 is 1.30 bits per heavy atom. The summed E-state index contributed by atoms with van der Waals surface area (Å²) < 4.78 is 26.4. The molecule has 106 valence electrons. The van der Waals surface area contributed by atoms with Crippen LogP contribution in [0.5, 0.6) is 0 Å². The van der Waals surface area contributed by atoms with E-state index >= 15 is 0 Å². The molecular formula is C16H18FNOS. The normalized spacial score (nSPS) is 11.9. The number of hydrogen-bond donors (Lipinski definition) is 0. The molecule has 0 aliphatic rings. The van der Waals surface area contributed by atoms with Gasteiger partial charge in [-0.25, -0.2) is 8.60 Å². The van der Waals surface area contributed by atoms with Crippen molar-refractivity contribution >= 4 is 21.9 Å². The van der Waals surface area contributed by atoms with E-state index in [1.807, 2.05) is 26.0 Å². The SMILES string of the molecule is C/C=C\C.C=CC(=C)S(=O)n1ccc2cc(F)ccc21. The number of nitrogens with zero attached hydrogens (tertiary/aromatic N) is 1. The molecule has 2 nitrogen and oxygen atoms in total. The van der Waals surface area contributed by atoms with Gasteiger partial charge in [0.2, 0.25) is 0 Å². The standard InChI is InChI=1S/C12H10FNOS.C4H8/c1-3-9(2)16(15)14-7-6-10-8-11(13)4-5-12(10)14;1-3-4-2/h3-8H,1-2H2;3-4H,1-2H3/b;4-3-. The molecular weight excluding hydrogens is 273 g/mol. The van der Waals surface area contributed by atoms with E-state index in [0.717, 1.165) is 0 Å². The lowest BCUT2D eigenvalue weighted by Gasteiger charge is -2.04. The van der Waals surface area contributed by atoms with E-state index in [0.29, 0.717) is 15.8 Å². The van der Waals surface area contributed by atoms with Gasteiger partial charge in [-0.05, 0) is 38.1 Å². The monoisotopic (exact) mass is 291 g/mol. The summed E-state index contributed by atoms with van der Waals surface area (Å²) >= 11 is 0. The highest BCUT2D eigenvalue weighted by molar-refractivity contribution is 7.87. The maximum absolute atomic E-state index is 13.0. The minimum Gasteiger partial charge on any atom is -0.263 e. The molecule has 0 aliphatic heterocycles. The fraction of sp³-hybridized carbons (Fsp3) is 0.125. The Balaban J connectivity index is 0.000000444.